The van der Waals surface area contributed by atoms with Crippen LogP contribution < -0.4 is 5.32 Å². The van der Waals surface area contributed by atoms with Gasteiger partial charge in [0, 0.05) is 11.4 Å². The lowest BCUT2D eigenvalue weighted by atomic mass is 10.1. The second-order valence-electron chi connectivity index (χ2n) is 5.29. The molecule has 0 aromatic heterocycles. The van der Waals surface area contributed by atoms with Crippen molar-refractivity contribution in [3.05, 3.63) is 70.2 Å². The average molecular weight is 302 g/mol. The van der Waals surface area contributed by atoms with E-state index in [-0.39, 0.29) is 11.9 Å². The summed E-state index contributed by atoms with van der Waals surface area (Å²) in [4.78, 5) is 12.0. The highest BCUT2D eigenvalue weighted by Crippen LogP contribution is 2.17. The fourth-order valence-corrected chi connectivity index (χ4v) is 2.43. The lowest BCUT2D eigenvalue weighted by Crippen LogP contribution is -2.26. The first-order valence-corrected chi connectivity index (χ1v) is 7.53. The van der Waals surface area contributed by atoms with Crippen LogP contribution in [0.3, 0.4) is 0 Å². The molecule has 2 aromatic carbocycles. The maximum atomic E-state index is 12.0. The summed E-state index contributed by atoms with van der Waals surface area (Å²) in [6.45, 7) is 4.05. The minimum Gasteiger partial charge on any atom is -0.350 e. The van der Waals surface area contributed by atoms with Gasteiger partial charge in [0.15, 0.2) is 0 Å². The second-order valence-corrected chi connectivity index (χ2v) is 5.70. The number of amides is 1. The Kier molecular flexibility index (Phi) is 5.40. The molecular weight excluding hydrogens is 282 g/mol. The van der Waals surface area contributed by atoms with Gasteiger partial charge in [0.05, 0.1) is 6.04 Å². The lowest BCUT2D eigenvalue weighted by Gasteiger charge is -2.14. The van der Waals surface area contributed by atoms with Gasteiger partial charge in [0.1, 0.15) is 0 Å². The number of rotatable bonds is 5. The SMILES string of the molecule is Cc1ccc([C@@H](C)NC(=O)CCc2ccccc2Cl)cc1. The number of benzene rings is 2. The Morgan fingerprint density at radius 1 is 1.14 bits per heavy atom. The Morgan fingerprint density at radius 2 is 1.81 bits per heavy atom. The van der Waals surface area contributed by atoms with Crippen LogP contribution >= 0.6 is 11.6 Å². The summed E-state index contributed by atoms with van der Waals surface area (Å²) in [5.74, 6) is 0.0444. The third-order valence-corrected chi connectivity index (χ3v) is 3.90. The Bertz CT molecular complexity index is 607. The zero-order valence-electron chi connectivity index (χ0n) is 12.4. The fraction of sp³-hybridized carbons (Fsp3) is 0.278. The maximum Gasteiger partial charge on any atom is 0.220 e. The molecule has 0 unspecified atom stereocenters. The van der Waals surface area contributed by atoms with Crippen molar-refractivity contribution in [1.29, 1.82) is 0 Å². The van der Waals surface area contributed by atoms with Gasteiger partial charge in [-0.2, -0.15) is 0 Å². The molecule has 3 heteroatoms. The van der Waals surface area contributed by atoms with E-state index in [0.717, 1.165) is 16.1 Å². The fourth-order valence-electron chi connectivity index (χ4n) is 2.20. The van der Waals surface area contributed by atoms with Crippen LogP contribution in [0.4, 0.5) is 0 Å². The van der Waals surface area contributed by atoms with Gasteiger partial charge in [-0.15, -0.1) is 0 Å². The van der Waals surface area contributed by atoms with E-state index >= 15 is 0 Å². The second kappa shape index (κ2) is 7.28. The van der Waals surface area contributed by atoms with Crippen LogP contribution in [-0.2, 0) is 11.2 Å². The van der Waals surface area contributed by atoms with Crippen molar-refractivity contribution in [2.45, 2.75) is 32.7 Å². The monoisotopic (exact) mass is 301 g/mol. The lowest BCUT2D eigenvalue weighted by molar-refractivity contribution is -0.121. The standard InChI is InChI=1S/C18H20ClNO/c1-13-7-9-15(10-8-13)14(2)20-18(21)12-11-16-5-3-4-6-17(16)19/h3-10,14H,11-12H2,1-2H3,(H,20,21)/t14-/m1/s1. The minimum absolute atomic E-state index is 0.0179. The molecule has 0 heterocycles. The first kappa shape index (κ1) is 15.6. The van der Waals surface area contributed by atoms with Gasteiger partial charge in [-0.05, 0) is 37.5 Å². The zero-order valence-corrected chi connectivity index (χ0v) is 13.2. The molecule has 1 atom stereocenters. The summed E-state index contributed by atoms with van der Waals surface area (Å²) >= 11 is 6.09. The molecule has 0 spiro atoms. The molecule has 2 aromatic rings. The highest BCUT2D eigenvalue weighted by molar-refractivity contribution is 6.31. The normalized spacial score (nSPS) is 12.0. The molecule has 0 fully saturated rings. The van der Waals surface area contributed by atoms with Gasteiger partial charge in [0.25, 0.3) is 0 Å². The van der Waals surface area contributed by atoms with E-state index in [4.69, 9.17) is 11.6 Å². The Hall–Kier alpha value is -1.80. The number of hydrogen-bond donors (Lipinski definition) is 1. The summed E-state index contributed by atoms with van der Waals surface area (Å²) in [5.41, 5.74) is 3.35. The molecule has 0 aliphatic carbocycles. The molecule has 21 heavy (non-hydrogen) atoms. The molecule has 0 radical (unpaired) electrons. The summed E-state index contributed by atoms with van der Waals surface area (Å²) in [7, 11) is 0. The molecule has 0 aliphatic rings. The third kappa shape index (κ3) is 4.61. The van der Waals surface area contributed by atoms with E-state index < -0.39 is 0 Å². The van der Waals surface area contributed by atoms with E-state index in [1.54, 1.807) is 0 Å². The van der Waals surface area contributed by atoms with E-state index in [1.807, 2.05) is 43.3 Å². The predicted molar refractivity (Wildman–Crippen MR) is 87.5 cm³/mol. The van der Waals surface area contributed by atoms with Crippen LogP contribution in [0.5, 0.6) is 0 Å². The van der Waals surface area contributed by atoms with Crippen molar-refractivity contribution in [2.75, 3.05) is 0 Å². The van der Waals surface area contributed by atoms with E-state index in [9.17, 15) is 4.79 Å². The van der Waals surface area contributed by atoms with Crippen molar-refractivity contribution >= 4 is 17.5 Å². The number of aryl methyl sites for hydroxylation is 2. The molecule has 110 valence electrons. The third-order valence-electron chi connectivity index (χ3n) is 3.53. The van der Waals surface area contributed by atoms with E-state index in [1.165, 1.54) is 5.56 Å². The van der Waals surface area contributed by atoms with Gasteiger partial charge in [0.2, 0.25) is 5.91 Å². The number of carbonyl (C=O) groups excluding carboxylic acids is 1. The van der Waals surface area contributed by atoms with Crippen LogP contribution in [0.25, 0.3) is 0 Å². The minimum atomic E-state index is 0.0179. The molecule has 2 nitrogen and oxygen atoms in total. The van der Waals surface area contributed by atoms with Crippen LogP contribution in [0.15, 0.2) is 48.5 Å². The van der Waals surface area contributed by atoms with Crippen LogP contribution in [0.1, 0.15) is 36.1 Å². The van der Waals surface area contributed by atoms with Crippen molar-refractivity contribution in [1.82, 2.24) is 5.32 Å². The Morgan fingerprint density at radius 3 is 2.48 bits per heavy atom. The summed E-state index contributed by atoms with van der Waals surface area (Å²) in [6.07, 6.45) is 1.10. The van der Waals surface area contributed by atoms with E-state index in [2.05, 4.69) is 24.4 Å². The Labute approximate surface area is 131 Å². The van der Waals surface area contributed by atoms with Gasteiger partial charge in [-0.25, -0.2) is 0 Å². The van der Waals surface area contributed by atoms with Crippen LogP contribution in [0, 0.1) is 6.92 Å². The molecular formula is C18H20ClNO. The molecule has 0 saturated heterocycles. The number of hydrogen-bond acceptors (Lipinski definition) is 1. The molecule has 1 N–H and O–H groups in total. The molecule has 1 amide bonds. The summed E-state index contributed by atoms with van der Waals surface area (Å²) in [6, 6.07) is 15.9. The summed E-state index contributed by atoms with van der Waals surface area (Å²) in [5, 5.41) is 3.74. The topological polar surface area (TPSA) is 29.1 Å². The smallest absolute Gasteiger partial charge is 0.220 e. The molecule has 0 aliphatic heterocycles. The molecule has 2 rings (SSSR count). The number of nitrogens with one attached hydrogen (secondary N) is 1. The van der Waals surface area contributed by atoms with Gasteiger partial charge < -0.3 is 5.32 Å². The largest absolute Gasteiger partial charge is 0.350 e. The van der Waals surface area contributed by atoms with E-state index in [0.29, 0.717) is 12.8 Å². The molecule has 0 saturated carbocycles. The first-order chi connectivity index (χ1) is 10.1. The van der Waals surface area contributed by atoms with Crippen LogP contribution in [0.2, 0.25) is 5.02 Å². The van der Waals surface area contributed by atoms with Crippen molar-refractivity contribution in [3.63, 3.8) is 0 Å². The van der Waals surface area contributed by atoms with Crippen molar-refractivity contribution in [2.24, 2.45) is 0 Å². The van der Waals surface area contributed by atoms with Crippen molar-refractivity contribution < 1.29 is 4.79 Å². The number of halogens is 1. The predicted octanol–water partition coefficient (Wildman–Crippen LogP) is 4.46. The first-order valence-electron chi connectivity index (χ1n) is 7.15. The highest BCUT2D eigenvalue weighted by atomic mass is 35.5. The average Bonchev–Trinajstić information content (AvgIpc) is 2.47. The number of carbonyl (C=O) groups is 1. The van der Waals surface area contributed by atoms with Crippen molar-refractivity contribution in [3.8, 4) is 0 Å². The van der Waals surface area contributed by atoms with Gasteiger partial charge >= 0.3 is 0 Å². The molecule has 0 bridgehead atoms. The quantitative estimate of drug-likeness (QED) is 0.868. The maximum absolute atomic E-state index is 12.0. The Balaban J connectivity index is 1.87. The zero-order chi connectivity index (χ0) is 15.2. The van der Waals surface area contributed by atoms with Crippen LogP contribution in [-0.4, -0.2) is 5.91 Å². The summed E-state index contributed by atoms with van der Waals surface area (Å²) < 4.78 is 0. The van der Waals surface area contributed by atoms with Gasteiger partial charge in [-0.1, -0.05) is 59.6 Å². The van der Waals surface area contributed by atoms with Gasteiger partial charge in [-0.3, -0.25) is 4.79 Å². The highest BCUT2D eigenvalue weighted by Gasteiger charge is 2.10.